The molecular formula is C22H22FN3O3S. The Morgan fingerprint density at radius 3 is 3.00 bits per heavy atom. The molecule has 1 aliphatic rings. The zero-order valence-corrected chi connectivity index (χ0v) is 17.4. The number of aromatic nitrogens is 1. The molecule has 4 rings (SSSR count). The maximum Gasteiger partial charge on any atom is 0.257 e. The minimum absolute atomic E-state index is 0.122. The van der Waals surface area contributed by atoms with Gasteiger partial charge in [-0.3, -0.25) is 9.59 Å². The van der Waals surface area contributed by atoms with E-state index in [1.165, 1.54) is 29.9 Å². The fourth-order valence-corrected chi connectivity index (χ4v) is 4.40. The van der Waals surface area contributed by atoms with Crippen LogP contribution in [0.3, 0.4) is 0 Å². The molecule has 1 aliphatic heterocycles. The van der Waals surface area contributed by atoms with Gasteiger partial charge in [-0.15, -0.1) is 11.3 Å². The van der Waals surface area contributed by atoms with Crippen LogP contribution < -0.4 is 5.32 Å². The predicted octanol–water partition coefficient (Wildman–Crippen LogP) is 4.27. The Hall–Kier alpha value is -3.00. The predicted molar refractivity (Wildman–Crippen MR) is 112 cm³/mol. The Bertz CT molecular complexity index is 1050. The maximum absolute atomic E-state index is 13.7. The van der Waals surface area contributed by atoms with Crippen molar-refractivity contribution in [2.75, 3.05) is 18.4 Å². The van der Waals surface area contributed by atoms with Crippen LogP contribution in [0.15, 0.2) is 47.4 Å². The van der Waals surface area contributed by atoms with Crippen LogP contribution in [0.2, 0.25) is 0 Å². The van der Waals surface area contributed by atoms with Gasteiger partial charge in [0.25, 0.3) is 5.91 Å². The second-order valence-corrected chi connectivity index (χ2v) is 8.60. The summed E-state index contributed by atoms with van der Waals surface area (Å²) in [6, 6.07) is 6.81. The van der Waals surface area contributed by atoms with Crippen molar-refractivity contribution in [3.05, 3.63) is 70.4 Å². The number of carbonyl (C=O) groups is 2. The van der Waals surface area contributed by atoms with Gasteiger partial charge in [-0.1, -0.05) is 12.1 Å². The first-order valence-electron chi connectivity index (χ1n) is 9.81. The molecule has 3 aromatic rings. The maximum atomic E-state index is 13.7. The molecule has 0 aliphatic carbocycles. The third-order valence-electron chi connectivity index (χ3n) is 5.25. The van der Waals surface area contributed by atoms with Gasteiger partial charge < -0.3 is 14.6 Å². The average molecular weight is 428 g/mol. The summed E-state index contributed by atoms with van der Waals surface area (Å²) in [6.07, 6.45) is 6.63. The summed E-state index contributed by atoms with van der Waals surface area (Å²) in [6.45, 7) is 2.73. The van der Waals surface area contributed by atoms with E-state index in [1.54, 1.807) is 30.2 Å². The number of piperidine rings is 1. The van der Waals surface area contributed by atoms with E-state index in [0.717, 1.165) is 23.3 Å². The molecule has 0 bridgehead atoms. The second kappa shape index (κ2) is 8.79. The lowest BCUT2D eigenvalue weighted by Gasteiger charge is -2.31. The van der Waals surface area contributed by atoms with Crippen molar-refractivity contribution in [1.82, 2.24) is 9.88 Å². The molecule has 8 heteroatoms. The van der Waals surface area contributed by atoms with E-state index in [9.17, 15) is 14.0 Å². The van der Waals surface area contributed by atoms with Crippen LogP contribution in [0.4, 0.5) is 9.52 Å². The minimum atomic E-state index is -0.284. The fraction of sp³-hybridized carbons (Fsp3) is 0.318. The normalized spacial score (nSPS) is 16.5. The van der Waals surface area contributed by atoms with Crippen molar-refractivity contribution < 1.29 is 18.4 Å². The van der Waals surface area contributed by atoms with Crippen LogP contribution in [0.25, 0.3) is 0 Å². The summed E-state index contributed by atoms with van der Waals surface area (Å²) in [5.74, 6) is -0.768. The van der Waals surface area contributed by atoms with Gasteiger partial charge in [0.05, 0.1) is 17.7 Å². The van der Waals surface area contributed by atoms with Crippen molar-refractivity contribution >= 4 is 28.3 Å². The van der Waals surface area contributed by atoms with E-state index < -0.39 is 0 Å². The number of carbonyl (C=O) groups excluding carboxylic acids is 2. The number of likely N-dealkylation sites (tertiary alicyclic amines) is 1. The molecule has 0 saturated carbocycles. The molecule has 1 fully saturated rings. The van der Waals surface area contributed by atoms with Crippen LogP contribution in [0.5, 0.6) is 0 Å². The van der Waals surface area contributed by atoms with Crippen molar-refractivity contribution in [3.63, 3.8) is 0 Å². The number of anilines is 1. The molecule has 2 aromatic heterocycles. The SMILES string of the molecule is Cc1ccc(Cc2cnc(NC(=O)C3CCCN(C(=O)c4ccoc4)C3)s2)cc1F. The van der Waals surface area contributed by atoms with Gasteiger partial charge in [0.2, 0.25) is 5.91 Å². The molecule has 2 amide bonds. The summed E-state index contributed by atoms with van der Waals surface area (Å²) in [5, 5.41) is 3.39. The van der Waals surface area contributed by atoms with Gasteiger partial charge in [0.15, 0.2) is 5.13 Å². The van der Waals surface area contributed by atoms with Gasteiger partial charge in [-0.2, -0.15) is 0 Å². The van der Waals surface area contributed by atoms with Crippen LogP contribution in [-0.2, 0) is 11.2 Å². The number of hydrogen-bond donors (Lipinski definition) is 1. The topological polar surface area (TPSA) is 75.4 Å². The van der Waals surface area contributed by atoms with E-state index in [2.05, 4.69) is 10.3 Å². The molecule has 1 saturated heterocycles. The number of benzene rings is 1. The van der Waals surface area contributed by atoms with Gasteiger partial charge in [-0.05, 0) is 43.0 Å². The van der Waals surface area contributed by atoms with E-state index in [1.807, 2.05) is 6.07 Å². The summed E-state index contributed by atoms with van der Waals surface area (Å²) in [4.78, 5) is 32.1. The molecule has 0 spiro atoms. The zero-order chi connectivity index (χ0) is 21.1. The Labute approximate surface area is 177 Å². The molecule has 1 aromatic carbocycles. The highest BCUT2D eigenvalue weighted by Crippen LogP contribution is 2.25. The minimum Gasteiger partial charge on any atom is -0.472 e. The third kappa shape index (κ3) is 4.59. The molecule has 30 heavy (non-hydrogen) atoms. The van der Waals surface area contributed by atoms with E-state index in [4.69, 9.17) is 4.42 Å². The third-order valence-corrected chi connectivity index (χ3v) is 6.16. The fourth-order valence-electron chi connectivity index (χ4n) is 3.55. The first-order valence-corrected chi connectivity index (χ1v) is 10.6. The highest BCUT2D eigenvalue weighted by atomic mass is 32.1. The highest BCUT2D eigenvalue weighted by molar-refractivity contribution is 7.15. The highest BCUT2D eigenvalue weighted by Gasteiger charge is 2.29. The Morgan fingerprint density at radius 1 is 1.37 bits per heavy atom. The molecule has 1 N–H and O–H groups in total. The largest absolute Gasteiger partial charge is 0.472 e. The number of furan rings is 1. The lowest BCUT2D eigenvalue weighted by atomic mass is 9.97. The van der Waals surface area contributed by atoms with Crippen LogP contribution in [0.1, 0.15) is 39.2 Å². The standard InChI is InChI=1S/C22H22FN3O3S/c1-14-4-5-15(10-19(14)23)9-18-11-24-22(30-18)25-20(27)16-3-2-7-26(12-16)21(28)17-6-8-29-13-17/h4-6,8,10-11,13,16H,2-3,7,9,12H2,1H3,(H,24,25,27). The number of nitrogens with one attached hydrogen (secondary N) is 1. The Kier molecular flexibility index (Phi) is 5.94. The monoisotopic (exact) mass is 427 g/mol. The molecular weight excluding hydrogens is 405 g/mol. The van der Waals surface area contributed by atoms with E-state index in [-0.39, 0.29) is 23.5 Å². The molecule has 6 nitrogen and oxygen atoms in total. The summed E-state index contributed by atoms with van der Waals surface area (Å²) >= 11 is 1.38. The molecule has 3 heterocycles. The van der Waals surface area contributed by atoms with Crippen molar-refractivity contribution in [2.45, 2.75) is 26.2 Å². The van der Waals surface area contributed by atoms with Crippen LogP contribution >= 0.6 is 11.3 Å². The molecule has 0 radical (unpaired) electrons. The number of thiazole rings is 1. The Morgan fingerprint density at radius 2 is 2.23 bits per heavy atom. The van der Waals surface area contributed by atoms with Crippen molar-refractivity contribution in [3.8, 4) is 0 Å². The number of rotatable bonds is 5. The van der Waals surface area contributed by atoms with Gasteiger partial charge in [0.1, 0.15) is 12.1 Å². The number of aryl methyl sites for hydroxylation is 1. The van der Waals surface area contributed by atoms with Crippen LogP contribution in [0, 0.1) is 18.7 Å². The summed E-state index contributed by atoms with van der Waals surface area (Å²) in [7, 11) is 0. The molecule has 156 valence electrons. The Balaban J connectivity index is 1.35. The van der Waals surface area contributed by atoms with Gasteiger partial charge >= 0.3 is 0 Å². The van der Waals surface area contributed by atoms with Gasteiger partial charge in [-0.25, -0.2) is 9.37 Å². The van der Waals surface area contributed by atoms with Gasteiger partial charge in [0, 0.05) is 30.6 Å². The molecule has 1 atom stereocenters. The van der Waals surface area contributed by atoms with Crippen molar-refractivity contribution in [1.29, 1.82) is 0 Å². The quantitative estimate of drug-likeness (QED) is 0.660. The smallest absolute Gasteiger partial charge is 0.257 e. The molecule has 1 unspecified atom stereocenters. The lowest BCUT2D eigenvalue weighted by Crippen LogP contribution is -2.43. The van der Waals surface area contributed by atoms with Crippen LogP contribution in [-0.4, -0.2) is 34.8 Å². The average Bonchev–Trinajstić information content (AvgIpc) is 3.43. The second-order valence-electron chi connectivity index (χ2n) is 7.48. The summed E-state index contributed by atoms with van der Waals surface area (Å²) < 4.78 is 18.7. The summed E-state index contributed by atoms with van der Waals surface area (Å²) in [5.41, 5.74) is 1.97. The van der Waals surface area contributed by atoms with E-state index in [0.29, 0.717) is 35.8 Å². The number of amides is 2. The number of hydrogen-bond acceptors (Lipinski definition) is 5. The number of halogens is 1. The first-order chi connectivity index (χ1) is 14.5. The lowest BCUT2D eigenvalue weighted by molar-refractivity contribution is -0.121. The van der Waals surface area contributed by atoms with Crippen molar-refractivity contribution in [2.24, 2.45) is 5.92 Å². The zero-order valence-electron chi connectivity index (χ0n) is 16.6. The first kappa shape index (κ1) is 20.3. The van der Waals surface area contributed by atoms with E-state index >= 15 is 0 Å². The number of nitrogens with zero attached hydrogens (tertiary/aromatic N) is 2.